The second kappa shape index (κ2) is 6.54. The van der Waals surface area contributed by atoms with E-state index in [2.05, 4.69) is 29.9 Å². The van der Waals surface area contributed by atoms with Gasteiger partial charge in [-0.1, -0.05) is 12.1 Å². The number of aryl methyl sites for hydroxylation is 1. The fraction of sp³-hybridized carbons (Fsp3) is 0.211. The van der Waals surface area contributed by atoms with Crippen molar-refractivity contribution in [3.63, 3.8) is 0 Å². The molecule has 4 nitrogen and oxygen atoms in total. The Balaban J connectivity index is 1.84. The summed E-state index contributed by atoms with van der Waals surface area (Å²) >= 11 is 3.33. The first-order chi connectivity index (χ1) is 12.1. The minimum absolute atomic E-state index is 0.0258. The molecular weight excluding hydrogens is 350 g/mol. The molecule has 0 N–H and O–H groups in total. The van der Waals surface area contributed by atoms with E-state index in [0.717, 1.165) is 26.7 Å². The van der Waals surface area contributed by atoms with Crippen LogP contribution in [0.3, 0.4) is 0 Å². The fourth-order valence-corrected chi connectivity index (χ4v) is 4.86. The first-order valence-corrected chi connectivity index (χ1v) is 9.72. The summed E-state index contributed by atoms with van der Waals surface area (Å²) in [5.74, 6) is 0.0258. The van der Waals surface area contributed by atoms with Crippen LogP contribution in [0.15, 0.2) is 47.0 Å². The zero-order chi connectivity index (χ0) is 17.4. The van der Waals surface area contributed by atoms with Gasteiger partial charge in [0, 0.05) is 22.8 Å². The Morgan fingerprint density at radius 1 is 1.24 bits per heavy atom. The van der Waals surface area contributed by atoms with Gasteiger partial charge in [-0.2, -0.15) is 0 Å². The van der Waals surface area contributed by atoms with Crippen LogP contribution in [-0.2, 0) is 11.3 Å². The van der Waals surface area contributed by atoms with Gasteiger partial charge < -0.3 is 0 Å². The first-order valence-electron chi connectivity index (χ1n) is 8.03. The first kappa shape index (κ1) is 16.2. The molecule has 0 radical (unpaired) electrons. The Kier molecular flexibility index (Phi) is 4.23. The van der Waals surface area contributed by atoms with Gasteiger partial charge in [0.25, 0.3) is 0 Å². The number of aromatic nitrogens is 1. The number of fused-ring (bicyclic) bond motifs is 1. The van der Waals surface area contributed by atoms with E-state index in [0.29, 0.717) is 6.54 Å². The molecule has 1 aliphatic heterocycles. The Morgan fingerprint density at radius 3 is 2.84 bits per heavy atom. The minimum atomic E-state index is 0.0258. The SMILES string of the molecule is Cc1sc2c(c1C)C(c1cccs1)=NCC(=O)N2Cc1cccnc1. The van der Waals surface area contributed by atoms with E-state index in [1.807, 2.05) is 34.7 Å². The molecule has 0 saturated heterocycles. The third-order valence-corrected chi connectivity index (χ3v) is 6.45. The van der Waals surface area contributed by atoms with Crippen molar-refractivity contribution in [1.29, 1.82) is 0 Å². The highest BCUT2D eigenvalue weighted by atomic mass is 32.1. The zero-order valence-corrected chi connectivity index (χ0v) is 15.7. The molecule has 126 valence electrons. The third kappa shape index (κ3) is 2.92. The molecule has 4 rings (SSSR count). The van der Waals surface area contributed by atoms with Gasteiger partial charge in [-0.3, -0.25) is 19.7 Å². The number of nitrogens with zero attached hydrogens (tertiary/aromatic N) is 3. The van der Waals surface area contributed by atoms with Gasteiger partial charge in [0.1, 0.15) is 11.5 Å². The van der Waals surface area contributed by atoms with Crippen molar-refractivity contribution in [3.8, 4) is 0 Å². The molecule has 1 aliphatic rings. The second-order valence-corrected chi connectivity index (χ2v) is 8.10. The van der Waals surface area contributed by atoms with Crippen molar-refractivity contribution < 1.29 is 4.79 Å². The van der Waals surface area contributed by atoms with Crippen LogP contribution in [0.25, 0.3) is 0 Å². The van der Waals surface area contributed by atoms with E-state index >= 15 is 0 Å². The number of rotatable bonds is 3. The summed E-state index contributed by atoms with van der Waals surface area (Å²) in [6.45, 7) is 4.92. The van der Waals surface area contributed by atoms with Crippen LogP contribution in [0.1, 0.15) is 26.4 Å². The lowest BCUT2D eigenvalue weighted by molar-refractivity contribution is -0.117. The van der Waals surface area contributed by atoms with Crippen LogP contribution in [0.5, 0.6) is 0 Å². The van der Waals surface area contributed by atoms with Crippen LogP contribution in [-0.4, -0.2) is 23.1 Å². The van der Waals surface area contributed by atoms with Gasteiger partial charge in [-0.05, 0) is 42.5 Å². The van der Waals surface area contributed by atoms with Crippen LogP contribution in [0.2, 0.25) is 0 Å². The molecule has 4 heterocycles. The van der Waals surface area contributed by atoms with Crippen LogP contribution < -0.4 is 4.90 Å². The molecule has 25 heavy (non-hydrogen) atoms. The Morgan fingerprint density at radius 2 is 2.12 bits per heavy atom. The van der Waals surface area contributed by atoms with Gasteiger partial charge in [-0.15, -0.1) is 22.7 Å². The molecule has 0 unspecified atom stereocenters. The molecule has 3 aromatic rings. The van der Waals surface area contributed by atoms with Crippen molar-refractivity contribution in [3.05, 3.63) is 68.5 Å². The largest absolute Gasteiger partial charge is 0.297 e. The number of aliphatic imine (C=N–C) groups is 1. The van der Waals surface area contributed by atoms with Crippen molar-refractivity contribution >= 4 is 39.3 Å². The molecular formula is C19H17N3OS2. The molecule has 0 atom stereocenters. The highest BCUT2D eigenvalue weighted by Gasteiger charge is 2.29. The van der Waals surface area contributed by atoms with Crippen molar-refractivity contribution in [2.75, 3.05) is 11.4 Å². The number of hydrogen-bond acceptors (Lipinski definition) is 5. The van der Waals surface area contributed by atoms with Gasteiger partial charge >= 0.3 is 0 Å². The third-order valence-electron chi connectivity index (χ3n) is 4.34. The highest BCUT2D eigenvalue weighted by Crippen LogP contribution is 2.39. The van der Waals surface area contributed by atoms with Gasteiger partial charge in [0.15, 0.2) is 0 Å². The monoisotopic (exact) mass is 367 g/mol. The maximum absolute atomic E-state index is 12.8. The Labute approximate surface area is 154 Å². The van der Waals surface area contributed by atoms with E-state index in [-0.39, 0.29) is 12.5 Å². The van der Waals surface area contributed by atoms with E-state index in [1.165, 1.54) is 10.4 Å². The number of hydrogen-bond donors (Lipinski definition) is 0. The quantitative estimate of drug-likeness (QED) is 0.696. The maximum Gasteiger partial charge on any atom is 0.249 e. The van der Waals surface area contributed by atoms with E-state index in [9.17, 15) is 4.79 Å². The number of carbonyl (C=O) groups excluding carboxylic acids is 1. The van der Waals surface area contributed by atoms with Gasteiger partial charge in [0.05, 0.1) is 17.1 Å². The zero-order valence-electron chi connectivity index (χ0n) is 14.0. The molecule has 6 heteroatoms. The molecule has 0 spiro atoms. The maximum atomic E-state index is 12.8. The number of pyridine rings is 1. The lowest BCUT2D eigenvalue weighted by Crippen LogP contribution is -2.31. The van der Waals surface area contributed by atoms with Crippen LogP contribution in [0.4, 0.5) is 5.00 Å². The molecule has 3 aromatic heterocycles. The summed E-state index contributed by atoms with van der Waals surface area (Å²) in [6.07, 6.45) is 3.56. The summed E-state index contributed by atoms with van der Waals surface area (Å²) < 4.78 is 0. The highest BCUT2D eigenvalue weighted by molar-refractivity contribution is 7.17. The molecule has 0 aliphatic carbocycles. The van der Waals surface area contributed by atoms with Crippen molar-refractivity contribution in [2.24, 2.45) is 4.99 Å². The summed E-state index contributed by atoms with van der Waals surface area (Å²) in [4.78, 5) is 25.9. The summed E-state index contributed by atoms with van der Waals surface area (Å²) in [5.41, 5.74) is 4.26. The average molecular weight is 367 g/mol. The van der Waals surface area contributed by atoms with Crippen molar-refractivity contribution in [2.45, 2.75) is 20.4 Å². The van der Waals surface area contributed by atoms with E-state index in [1.54, 1.807) is 28.9 Å². The number of carbonyl (C=O) groups is 1. The standard InChI is InChI=1S/C19H17N3OS2/c1-12-13(2)25-19-17(12)18(15-6-4-8-24-15)21-10-16(23)22(19)11-14-5-3-7-20-9-14/h3-9H,10-11H2,1-2H3. The number of thiophene rings is 2. The second-order valence-electron chi connectivity index (χ2n) is 5.95. The topological polar surface area (TPSA) is 45.6 Å². The molecule has 0 saturated carbocycles. The van der Waals surface area contributed by atoms with Crippen molar-refractivity contribution in [1.82, 2.24) is 4.98 Å². The van der Waals surface area contributed by atoms with E-state index < -0.39 is 0 Å². The predicted octanol–water partition coefficient (Wildman–Crippen LogP) is 4.21. The number of anilines is 1. The minimum Gasteiger partial charge on any atom is -0.297 e. The molecule has 0 fully saturated rings. The Hall–Kier alpha value is -2.31. The molecule has 0 aromatic carbocycles. The smallest absolute Gasteiger partial charge is 0.249 e. The van der Waals surface area contributed by atoms with Gasteiger partial charge in [0.2, 0.25) is 5.91 Å². The van der Waals surface area contributed by atoms with Crippen LogP contribution in [0, 0.1) is 13.8 Å². The lowest BCUT2D eigenvalue weighted by Gasteiger charge is -2.20. The fourth-order valence-electron chi connectivity index (χ4n) is 2.95. The summed E-state index contributed by atoms with van der Waals surface area (Å²) in [5, 5.41) is 3.04. The van der Waals surface area contributed by atoms with Gasteiger partial charge in [-0.25, -0.2) is 0 Å². The molecule has 1 amide bonds. The normalized spacial score (nSPS) is 14.2. The average Bonchev–Trinajstić information content (AvgIpc) is 3.22. The molecule has 0 bridgehead atoms. The number of amides is 1. The summed E-state index contributed by atoms with van der Waals surface area (Å²) in [6, 6.07) is 7.99. The van der Waals surface area contributed by atoms with E-state index in [4.69, 9.17) is 0 Å². The lowest BCUT2D eigenvalue weighted by atomic mass is 10.1. The summed E-state index contributed by atoms with van der Waals surface area (Å²) in [7, 11) is 0. The Bertz CT molecular complexity index is 943. The van der Waals surface area contributed by atoms with Crippen LogP contribution >= 0.6 is 22.7 Å². The predicted molar refractivity (Wildman–Crippen MR) is 104 cm³/mol.